The highest BCUT2D eigenvalue weighted by atomic mass is 35.5. The van der Waals surface area contributed by atoms with Crippen LogP contribution in [0.1, 0.15) is 12.0 Å². The molecular weight excluding hydrogens is 276 g/mol. The molecule has 0 unspecified atom stereocenters. The fraction of sp³-hybridized carbons (Fsp3) is 0.200. The Hall–Kier alpha value is -1.32. The molecule has 0 fully saturated rings. The topological polar surface area (TPSA) is 24.1 Å². The first-order valence-corrected chi connectivity index (χ1v) is 7.02. The SMILES string of the molecule is S=C(NCCc1cccc(Cl)c1)NC1=CC[CH]C=C1. The summed E-state index contributed by atoms with van der Waals surface area (Å²) in [5.41, 5.74) is 2.25. The lowest BCUT2D eigenvalue weighted by atomic mass is 10.1. The van der Waals surface area contributed by atoms with Gasteiger partial charge in [-0.2, -0.15) is 0 Å². The number of halogens is 1. The van der Waals surface area contributed by atoms with Crippen molar-refractivity contribution in [1.29, 1.82) is 0 Å². The lowest BCUT2D eigenvalue weighted by Gasteiger charge is -2.13. The summed E-state index contributed by atoms with van der Waals surface area (Å²) >= 11 is 11.2. The van der Waals surface area contributed by atoms with Crippen LogP contribution in [0.4, 0.5) is 0 Å². The van der Waals surface area contributed by atoms with Gasteiger partial charge in [0.15, 0.2) is 5.11 Å². The molecule has 0 amide bonds. The zero-order valence-corrected chi connectivity index (χ0v) is 12.1. The van der Waals surface area contributed by atoms with Crippen LogP contribution in [0.25, 0.3) is 0 Å². The number of thiocarbonyl (C=S) groups is 1. The second kappa shape index (κ2) is 7.31. The first-order chi connectivity index (χ1) is 9.24. The largest absolute Gasteiger partial charge is 0.362 e. The van der Waals surface area contributed by atoms with Crippen LogP contribution in [-0.2, 0) is 6.42 Å². The molecule has 0 atom stereocenters. The molecule has 99 valence electrons. The van der Waals surface area contributed by atoms with Crippen molar-refractivity contribution in [1.82, 2.24) is 10.6 Å². The van der Waals surface area contributed by atoms with Gasteiger partial charge in [0.1, 0.15) is 0 Å². The fourth-order valence-corrected chi connectivity index (χ4v) is 2.23. The Morgan fingerprint density at radius 2 is 2.26 bits per heavy atom. The average Bonchev–Trinajstić information content (AvgIpc) is 2.40. The first kappa shape index (κ1) is 14.1. The van der Waals surface area contributed by atoms with E-state index in [2.05, 4.69) is 29.2 Å². The van der Waals surface area contributed by atoms with Gasteiger partial charge in [-0.1, -0.05) is 35.9 Å². The maximum Gasteiger partial charge on any atom is 0.170 e. The van der Waals surface area contributed by atoms with E-state index in [1.54, 1.807) is 0 Å². The molecule has 1 aromatic rings. The molecule has 1 aromatic carbocycles. The summed E-state index contributed by atoms with van der Waals surface area (Å²) in [6.45, 7) is 0.787. The van der Waals surface area contributed by atoms with Gasteiger partial charge in [-0.15, -0.1) is 0 Å². The minimum Gasteiger partial charge on any atom is -0.362 e. The van der Waals surface area contributed by atoms with Gasteiger partial charge in [-0.05, 0) is 55.3 Å². The Morgan fingerprint density at radius 3 is 3.00 bits per heavy atom. The Morgan fingerprint density at radius 1 is 1.37 bits per heavy atom. The van der Waals surface area contributed by atoms with Gasteiger partial charge in [0.05, 0.1) is 0 Å². The van der Waals surface area contributed by atoms with Crippen molar-refractivity contribution in [3.63, 3.8) is 0 Å². The van der Waals surface area contributed by atoms with Gasteiger partial charge >= 0.3 is 0 Å². The van der Waals surface area contributed by atoms with Crippen molar-refractivity contribution < 1.29 is 0 Å². The number of nitrogens with one attached hydrogen (secondary N) is 2. The minimum atomic E-state index is 0.653. The summed E-state index contributed by atoms with van der Waals surface area (Å²) in [7, 11) is 0. The lowest BCUT2D eigenvalue weighted by Crippen LogP contribution is -2.35. The summed E-state index contributed by atoms with van der Waals surface area (Å²) in [6.07, 6.45) is 10.1. The molecule has 0 aliphatic heterocycles. The maximum atomic E-state index is 5.94. The first-order valence-electron chi connectivity index (χ1n) is 6.23. The van der Waals surface area contributed by atoms with Gasteiger partial charge in [-0.25, -0.2) is 0 Å². The predicted octanol–water partition coefficient (Wildman–Crippen LogP) is 3.39. The van der Waals surface area contributed by atoms with Crippen LogP contribution < -0.4 is 10.6 Å². The number of rotatable bonds is 4. The van der Waals surface area contributed by atoms with E-state index in [9.17, 15) is 0 Å². The fourth-order valence-electron chi connectivity index (χ4n) is 1.79. The molecule has 0 bridgehead atoms. The lowest BCUT2D eigenvalue weighted by molar-refractivity contribution is 0.852. The second-order valence-corrected chi connectivity index (χ2v) is 5.10. The van der Waals surface area contributed by atoms with Crippen molar-refractivity contribution in [2.45, 2.75) is 12.8 Å². The molecule has 19 heavy (non-hydrogen) atoms. The summed E-state index contributed by atoms with van der Waals surface area (Å²) in [5.74, 6) is 0. The van der Waals surface area contributed by atoms with Gasteiger partial charge < -0.3 is 10.6 Å². The highest BCUT2D eigenvalue weighted by molar-refractivity contribution is 7.80. The standard InChI is InChI=1S/C15H16ClN2S/c16-13-6-4-5-12(11-13)9-10-17-15(19)18-14-7-2-1-3-8-14/h1-2,4-8,11H,3,9-10H2,(H2,17,18,19). The predicted molar refractivity (Wildman–Crippen MR) is 85.0 cm³/mol. The normalized spacial score (nSPS) is 13.8. The van der Waals surface area contributed by atoms with Crippen LogP contribution in [0.2, 0.25) is 5.02 Å². The van der Waals surface area contributed by atoms with E-state index in [-0.39, 0.29) is 0 Å². The van der Waals surface area contributed by atoms with E-state index < -0.39 is 0 Å². The molecule has 0 spiro atoms. The molecule has 0 saturated carbocycles. The molecule has 0 aromatic heterocycles. The van der Waals surface area contributed by atoms with E-state index in [0.717, 1.165) is 30.1 Å². The van der Waals surface area contributed by atoms with Gasteiger partial charge in [0.2, 0.25) is 0 Å². The summed E-state index contributed by atoms with van der Waals surface area (Å²) < 4.78 is 0. The molecule has 2 N–H and O–H groups in total. The third-order valence-corrected chi connectivity index (χ3v) is 3.21. The van der Waals surface area contributed by atoms with Crippen LogP contribution in [0.5, 0.6) is 0 Å². The maximum absolute atomic E-state index is 5.94. The van der Waals surface area contributed by atoms with Gasteiger partial charge in [0.25, 0.3) is 0 Å². The smallest absolute Gasteiger partial charge is 0.170 e. The number of hydrogen-bond donors (Lipinski definition) is 2. The van der Waals surface area contributed by atoms with E-state index in [0.29, 0.717) is 5.11 Å². The third kappa shape index (κ3) is 5.05. The van der Waals surface area contributed by atoms with Crippen molar-refractivity contribution in [3.05, 3.63) is 65.2 Å². The van der Waals surface area contributed by atoms with E-state index in [1.165, 1.54) is 5.56 Å². The van der Waals surface area contributed by atoms with E-state index in [4.69, 9.17) is 23.8 Å². The minimum absolute atomic E-state index is 0.653. The Labute approximate surface area is 124 Å². The number of hydrogen-bond acceptors (Lipinski definition) is 1. The Balaban J connectivity index is 1.72. The van der Waals surface area contributed by atoms with Crippen LogP contribution in [0.3, 0.4) is 0 Å². The molecule has 1 aliphatic rings. The molecule has 1 radical (unpaired) electrons. The zero-order chi connectivity index (χ0) is 13.5. The molecule has 1 aliphatic carbocycles. The number of allylic oxidation sites excluding steroid dienone is 3. The van der Waals surface area contributed by atoms with Crippen molar-refractivity contribution >= 4 is 28.9 Å². The van der Waals surface area contributed by atoms with E-state index in [1.807, 2.05) is 30.4 Å². The highest BCUT2D eigenvalue weighted by Crippen LogP contribution is 2.10. The zero-order valence-electron chi connectivity index (χ0n) is 10.5. The molecule has 2 nitrogen and oxygen atoms in total. The summed E-state index contributed by atoms with van der Waals surface area (Å²) in [5, 5.41) is 7.78. The molecule has 4 heteroatoms. The van der Waals surface area contributed by atoms with Crippen LogP contribution >= 0.6 is 23.8 Å². The molecule has 0 heterocycles. The van der Waals surface area contributed by atoms with E-state index >= 15 is 0 Å². The van der Waals surface area contributed by atoms with Gasteiger partial charge in [0, 0.05) is 17.3 Å². The summed E-state index contributed by atoms with van der Waals surface area (Å²) in [4.78, 5) is 0. The number of benzene rings is 1. The van der Waals surface area contributed by atoms with Crippen molar-refractivity contribution in [2.75, 3.05) is 6.54 Å². The molecule has 2 rings (SSSR count). The second-order valence-electron chi connectivity index (χ2n) is 4.25. The van der Waals surface area contributed by atoms with Crippen LogP contribution in [0, 0.1) is 6.42 Å². The highest BCUT2D eigenvalue weighted by Gasteiger charge is 2.00. The van der Waals surface area contributed by atoms with Crippen LogP contribution in [0.15, 0.2) is 48.2 Å². The van der Waals surface area contributed by atoms with Crippen molar-refractivity contribution in [3.8, 4) is 0 Å². The quantitative estimate of drug-likeness (QED) is 0.832. The average molecular weight is 292 g/mol. The third-order valence-electron chi connectivity index (χ3n) is 2.73. The molecular formula is C15H16ClN2S. The Bertz CT molecular complexity index is 509. The van der Waals surface area contributed by atoms with Gasteiger partial charge in [-0.3, -0.25) is 0 Å². The van der Waals surface area contributed by atoms with Crippen LogP contribution in [-0.4, -0.2) is 11.7 Å². The van der Waals surface area contributed by atoms with Crippen molar-refractivity contribution in [2.24, 2.45) is 0 Å². The Kier molecular flexibility index (Phi) is 5.43. The molecule has 0 saturated heterocycles. The summed E-state index contributed by atoms with van der Waals surface area (Å²) in [6, 6.07) is 7.88. The monoisotopic (exact) mass is 291 g/mol.